The molecule has 7 heteroatoms. The summed E-state index contributed by atoms with van der Waals surface area (Å²) in [5.41, 5.74) is 0.790. The zero-order chi connectivity index (χ0) is 20.5. The second-order valence-corrected chi connectivity index (χ2v) is 6.50. The third-order valence-corrected chi connectivity index (χ3v) is 4.18. The van der Waals surface area contributed by atoms with Crippen LogP contribution in [-0.4, -0.2) is 31.7 Å². The van der Waals surface area contributed by atoms with Crippen molar-refractivity contribution in [3.05, 3.63) is 53.1 Å². The van der Waals surface area contributed by atoms with E-state index in [1.54, 1.807) is 24.3 Å². The fourth-order valence-corrected chi connectivity index (χ4v) is 2.61. The molecule has 0 saturated carbocycles. The molecule has 1 N–H and O–H groups in total. The maximum Gasteiger partial charge on any atom is 0.339 e. The summed E-state index contributed by atoms with van der Waals surface area (Å²) in [4.78, 5) is 24.7. The SMILES string of the molecule is CCCCOc1c(Cl)cc(C(=O)O[C@@H](C)C(=O)Nc2ccccc2)cc1OC. The number of para-hydroxylation sites is 1. The van der Waals surface area contributed by atoms with Crippen molar-refractivity contribution >= 4 is 29.2 Å². The van der Waals surface area contributed by atoms with Crippen LogP contribution in [0, 0.1) is 0 Å². The second-order valence-electron chi connectivity index (χ2n) is 6.09. The van der Waals surface area contributed by atoms with Gasteiger partial charge in [0, 0.05) is 5.69 Å². The number of unbranched alkanes of at least 4 members (excludes halogenated alkanes) is 1. The highest BCUT2D eigenvalue weighted by molar-refractivity contribution is 6.32. The molecule has 28 heavy (non-hydrogen) atoms. The number of hydrogen-bond donors (Lipinski definition) is 1. The third-order valence-electron chi connectivity index (χ3n) is 3.90. The van der Waals surface area contributed by atoms with Crippen LogP contribution in [-0.2, 0) is 9.53 Å². The number of anilines is 1. The number of benzene rings is 2. The molecule has 0 spiro atoms. The van der Waals surface area contributed by atoms with Gasteiger partial charge in [0.2, 0.25) is 0 Å². The lowest BCUT2D eigenvalue weighted by Gasteiger charge is -2.16. The minimum atomic E-state index is -0.988. The summed E-state index contributed by atoms with van der Waals surface area (Å²) in [6, 6.07) is 11.8. The Bertz CT molecular complexity index is 810. The van der Waals surface area contributed by atoms with Gasteiger partial charge in [-0.25, -0.2) is 4.79 Å². The molecule has 1 atom stereocenters. The van der Waals surface area contributed by atoms with Crippen LogP contribution in [0.2, 0.25) is 5.02 Å². The molecule has 2 rings (SSSR count). The normalized spacial score (nSPS) is 11.4. The fraction of sp³-hybridized carbons (Fsp3) is 0.333. The predicted molar refractivity (Wildman–Crippen MR) is 108 cm³/mol. The Kier molecular flexibility index (Phi) is 8.14. The zero-order valence-corrected chi connectivity index (χ0v) is 16.9. The van der Waals surface area contributed by atoms with Crippen LogP contribution >= 0.6 is 11.6 Å². The number of halogens is 1. The lowest BCUT2D eigenvalue weighted by atomic mass is 10.2. The summed E-state index contributed by atoms with van der Waals surface area (Å²) in [6.07, 6.45) is 0.864. The van der Waals surface area contributed by atoms with Crippen LogP contribution in [0.15, 0.2) is 42.5 Å². The number of amides is 1. The summed E-state index contributed by atoms with van der Waals surface area (Å²) in [5, 5.41) is 2.92. The molecule has 6 nitrogen and oxygen atoms in total. The van der Waals surface area contributed by atoms with E-state index < -0.39 is 18.0 Å². The van der Waals surface area contributed by atoms with Crippen molar-refractivity contribution < 1.29 is 23.8 Å². The van der Waals surface area contributed by atoms with Gasteiger partial charge in [-0.3, -0.25) is 4.79 Å². The van der Waals surface area contributed by atoms with Gasteiger partial charge < -0.3 is 19.5 Å². The minimum Gasteiger partial charge on any atom is -0.493 e. The van der Waals surface area contributed by atoms with E-state index in [0.29, 0.717) is 23.8 Å². The molecule has 0 aliphatic heterocycles. The molecule has 0 aliphatic carbocycles. The van der Waals surface area contributed by atoms with Gasteiger partial charge in [0.05, 0.1) is 24.3 Å². The van der Waals surface area contributed by atoms with Crippen molar-refractivity contribution in [2.45, 2.75) is 32.8 Å². The summed E-state index contributed by atoms with van der Waals surface area (Å²) in [7, 11) is 1.46. The maximum absolute atomic E-state index is 12.4. The molecule has 1 amide bonds. The Balaban J connectivity index is 2.06. The number of rotatable bonds is 9. The molecular weight excluding hydrogens is 382 g/mol. The monoisotopic (exact) mass is 405 g/mol. The number of methoxy groups -OCH3 is 1. The van der Waals surface area contributed by atoms with E-state index in [2.05, 4.69) is 12.2 Å². The first kappa shape index (κ1) is 21.6. The molecule has 0 unspecified atom stereocenters. The largest absolute Gasteiger partial charge is 0.493 e. The van der Waals surface area contributed by atoms with E-state index in [0.717, 1.165) is 12.8 Å². The van der Waals surface area contributed by atoms with Crippen LogP contribution < -0.4 is 14.8 Å². The number of carbonyl (C=O) groups is 2. The van der Waals surface area contributed by atoms with Gasteiger partial charge in [-0.15, -0.1) is 0 Å². The van der Waals surface area contributed by atoms with E-state index in [-0.39, 0.29) is 10.6 Å². The van der Waals surface area contributed by atoms with Gasteiger partial charge in [0.1, 0.15) is 0 Å². The molecule has 0 fully saturated rings. The highest BCUT2D eigenvalue weighted by Gasteiger charge is 2.22. The first-order chi connectivity index (χ1) is 13.5. The molecule has 0 aromatic heterocycles. The second kappa shape index (κ2) is 10.6. The van der Waals surface area contributed by atoms with E-state index in [4.69, 9.17) is 25.8 Å². The summed E-state index contributed by atoms with van der Waals surface area (Å²) in [6.45, 7) is 4.04. The van der Waals surface area contributed by atoms with Crippen molar-refractivity contribution in [1.29, 1.82) is 0 Å². The first-order valence-electron chi connectivity index (χ1n) is 9.03. The molecule has 2 aromatic rings. The van der Waals surface area contributed by atoms with Gasteiger partial charge in [-0.2, -0.15) is 0 Å². The van der Waals surface area contributed by atoms with Gasteiger partial charge in [-0.05, 0) is 37.6 Å². The van der Waals surface area contributed by atoms with Crippen molar-refractivity contribution in [3.63, 3.8) is 0 Å². The van der Waals surface area contributed by atoms with E-state index in [9.17, 15) is 9.59 Å². The van der Waals surface area contributed by atoms with Crippen LogP contribution in [0.25, 0.3) is 0 Å². The smallest absolute Gasteiger partial charge is 0.339 e. The van der Waals surface area contributed by atoms with Gasteiger partial charge in [0.25, 0.3) is 5.91 Å². The van der Waals surface area contributed by atoms with Crippen LogP contribution in [0.1, 0.15) is 37.0 Å². The van der Waals surface area contributed by atoms with Crippen LogP contribution in [0.5, 0.6) is 11.5 Å². The van der Waals surface area contributed by atoms with Gasteiger partial charge >= 0.3 is 5.97 Å². The summed E-state index contributed by atoms with van der Waals surface area (Å²) >= 11 is 6.25. The van der Waals surface area contributed by atoms with Crippen LogP contribution in [0.4, 0.5) is 5.69 Å². The molecule has 0 radical (unpaired) electrons. The molecule has 150 valence electrons. The highest BCUT2D eigenvalue weighted by atomic mass is 35.5. The van der Waals surface area contributed by atoms with Crippen molar-refractivity contribution in [1.82, 2.24) is 0 Å². The zero-order valence-electron chi connectivity index (χ0n) is 16.2. The fourth-order valence-electron chi connectivity index (χ4n) is 2.34. The van der Waals surface area contributed by atoms with E-state index >= 15 is 0 Å². The number of esters is 1. The number of carbonyl (C=O) groups excluding carboxylic acids is 2. The Hall–Kier alpha value is -2.73. The lowest BCUT2D eigenvalue weighted by Crippen LogP contribution is -2.30. The standard InChI is InChI=1S/C21H24ClNO5/c1-4-5-11-27-19-17(22)12-15(13-18(19)26-3)21(25)28-14(2)20(24)23-16-9-7-6-8-10-16/h6-10,12-14H,4-5,11H2,1-3H3,(H,23,24)/t14-/m0/s1. The number of nitrogens with one attached hydrogen (secondary N) is 1. The Labute approximate surface area is 169 Å². The highest BCUT2D eigenvalue weighted by Crippen LogP contribution is 2.36. The van der Waals surface area contributed by atoms with Crippen LogP contribution in [0.3, 0.4) is 0 Å². The minimum absolute atomic E-state index is 0.170. The molecular formula is C21H24ClNO5. The van der Waals surface area contributed by atoms with Gasteiger partial charge in [-0.1, -0.05) is 43.1 Å². The predicted octanol–water partition coefficient (Wildman–Crippen LogP) is 4.71. The Morgan fingerprint density at radius 3 is 2.54 bits per heavy atom. The molecule has 0 bridgehead atoms. The first-order valence-corrected chi connectivity index (χ1v) is 9.41. The Morgan fingerprint density at radius 2 is 1.89 bits per heavy atom. The molecule has 0 aliphatic rings. The molecule has 0 saturated heterocycles. The lowest BCUT2D eigenvalue weighted by molar-refractivity contribution is -0.123. The van der Waals surface area contributed by atoms with Crippen molar-refractivity contribution in [2.24, 2.45) is 0 Å². The van der Waals surface area contributed by atoms with Gasteiger partial charge in [0.15, 0.2) is 17.6 Å². The topological polar surface area (TPSA) is 73.9 Å². The average molecular weight is 406 g/mol. The summed E-state index contributed by atoms with van der Waals surface area (Å²) < 4.78 is 16.2. The number of ether oxygens (including phenoxy) is 3. The molecule has 0 heterocycles. The molecule has 2 aromatic carbocycles. The average Bonchev–Trinajstić information content (AvgIpc) is 2.69. The number of hydrogen-bond acceptors (Lipinski definition) is 5. The van der Waals surface area contributed by atoms with E-state index in [1.807, 2.05) is 6.07 Å². The van der Waals surface area contributed by atoms with Crippen molar-refractivity contribution in [2.75, 3.05) is 19.0 Å². The van der Waals surface area contributed by atoms with E-state index in [1.165, 1.54) is 26.2 Å². The Morgan fingerprint density at radius 1 is 1.18 bits per heavy atom. The quantitative estimate of drug-likeness (QED) is 0.483. The maximum atomic E-state index is 12.4. The summed E-state index contributed by atoms with van der Waals surface area (Å²) in [5.74, 6) is -0.408. The third kappa shape index (κ3) is 5.89. The van der Waals surface area contributed by atoms with Crippen molar-refractivity contribution in [3.8, 4) is 11.5 Å².